The number of hydrogen-bond donors (Lipinski definition) is 1. The molecule has 1 amide bonds. The van der Waals surface area contributed by atoms with Gasteiger partial charge in [-0.3, -0.25) is 4.79 Å². The molecule has 1 heterocycles. The first kappa shape index (κ1) is 19.8. The fourth-order valence-electron chi connectivity index (χ4n) is 2.73. The fourth-order valence-corrected chi connectivity index (χ4v) is 3.89. The number of nitrogens with one attached hydrogen (secondary N) is 1. The Labute approximate surface area is 148 Å². The lowest BCUT2D eigenvalue weighted by Crippen LogP contribution is -2.43. The first-order valence-electron chi connectivity index (χ1n) is 8.29. The molecule has 8 heteroatoms. The van der Waals surface area contributed by atoms with Crippen molar-refractivity contribution in [2.45, 2.75) is 25.3 Å². The van der Waals surface area contributed by atoms with Crippen LogP contribution >= 0.6 is 0 Å². The van der Waals surface area contributed by atoms with Gasteiger partial charge in [0.1, 0.15) is 5.82 Å². The number of sulfonamides is 1. The molecule has 1 aliphatic heterocycles. The molecular weight excluding hydrogens is 347 g/mol. The van der Waals surface area contributed by atoms with Gasteiger partial charge in [0.2, 0.25) is 15.9 Å². The molecule has 6 nitrogen and oxygen atoms in total. The highest BCUT2D eigenvalue weighted by atomic mass is 32.2. The zero-order valence-corrected chi connectivity index (χ0v) is 15.4. The first-order chi connectivity index (χ1) is 11.8. The molecule has 0 spiro atoms. The molecule has 0 aromatic heterocycles. The van der Waals surface area contributed by atoms with Crippen molar-refractivity contribution in [3.05, 3.63) is 35.6 Å². The summed E-state index contributed by atoms with van der Waals surface area (Å²) in [7, 11) is -0.347. The van der Waals surface area contributed by atoms with E-state index in [4.69, 9.17) is 4.74 Å². The van der Waals surface area contributed by atoms with Crippen LogP contribution < -0.4 is 5.32 Å². The van der Waals surface area contributed by atoms with Gasteiger partial charge in [-0.2, -0.15) is 0 Å². The third kappa shape index (κ3) is 6.05. The molecule has 0 radical (unpaired) electrons. The minimum atomic E-state index is -3.34. The third-order valence-corrected chi connectivity index (χ3v) is 6.27. The van der Waals surface area contributed by atoms with Gasteiger partial charge in [0.15, 0.2) is 0 Å². The summed E-state index contributed by atoms with van der Waals surface area (Å²) in [6.45, 7) is 0.658. The lowest BCUT2D eigenvalue weighted by atomic mass is 10.1. The van der Waals surface area contributed by atoms with Crippen molar-refractivity contribution in [2.24, 2.45) is 5.92 Å². The van der Waals surface area contributed by atoms with Crippen LogP contribution in [0.15, 0.2) is 24.3 Å². The first-order valence-corrected chi connectivity index (χ1v) is 9.90. The summed E-state index contributed by atoms with van der Waals surface area (Å²) in [5, 5.41) is 2.88. The molecule has 1 saturated heterocycles. The molecule has 25 heavy (non-hydrogen) atoms. The Morgan fingerprint density at radius 2 is 1.96 bits per heavy atom. The van der Waals surface area contributed by atoms with E-state index in [0.29, 0.717) is 32.5 Å². The highest BCUT2D eigenvalue weighted by Crippen LogP contribution is 2.17. The average Bonchev–Trinajstić information content (AvgIpc) is 2.95. The van der Waals surface area contributed by atoms with Crippen molar-refractivity contribution in [3.63, 3.8) is 0 Å². The summed E-state index contributed by atoms with van der Waals surface area (Å²) in [6.07, 6.45) is 1.67. The molecule has 140 valence electrons. The molecule has 0 unspecified atom stereocenters. The number of halogens is 1. The van der Waals surface area contributed by atoms with Gasteiger partial charge in [-0.05, 0) is 30.5 Å². The zero-order valence-electron chi connectivity index (χ0n) is 14.6. The Balaban J connectivity index is 1.78. The number of carbonyl (C=O) groups is 1. The summed E-state index contributed by atoms with van der Waals surface area (Å²) in [5.41, 5.74) is 0.980. The van der Waals surface area contributed by atoms with E-state index in [0.717, 1.165) is 5.56 Å². The third-order valence-electron chi connectivity index (χ3n) is 4.31. The summed E-state index contributed by atoms with van der Waals surface area (Å²) >= 11 is 0. The van der Waals surface area contributed by atoms with Crippen molar-refractivity contribution in [3.8, 4) is 0 Å². The average molecular weight is 372 g/mol. The van der Waals surface area contributed by atoms with Crippen LogP contribution in [-0.2, 0) is 26.0 Å². The van der Waals surface area contributed by atoms with Crippen molar-refractivity contribution in [2.75, 3.05) is 33.1 Å². The minimum absolute atomic E-state index is 0.0411. The lowest BCUT2D eigenvalue weighted by Gasteiger charge is -2.21. The van der Waals surface area contributed by atoms with Crippen LogP contribution in [0.5, 0.6) is 0 Å². The summed E-state index contributed by atoms with van der Waals surface area (Å²) in [4.78, 5) is 12.1. The lowest BCUT2D eigenvalue weighted by molar-refractivity contribution is -0.122. The Morgan fingerprint density at radius 3 is 2.60 bits per heavy atom. The maximum Gasteiger partial charge on any atom is 0.220 e. The van der Waals surface area contributed by atoms with Crippen LogP contribution in [0.1, 0.15) is 18.4 Å². The molecule has 1 aliphatic rings. The summed E-state index contributed by atoms with van der Waals surface area (Å²) < 4.78 is 43.4. The Bertz CT molecular complexity index is 676. The molecular formula is C17H25FN2O4S. The number of amides is 1. The van der Waals surface area contributed by atoms with E-state index in [2.05, 4.69) is 5.32 Å². The zero-order chi connectivity index (χ0) is 18.4. The molecule has 2 rings (SSSR count). The Morgan fingerprint density at radius 1 is 1.28 bits per heavy atom. The SMILES string of the molecule is CN(C)S(=O)(=O)C[C@@H]1COC[C@@H]1NC(=O)CCCc1ccc(F)cc1. The quantitative estimate of drug-likeness (QED) is 0.743. The van der Waals surface area contributed by atoms with Crippen LogP contribution in [0, 0.1) is 11.7 Å². The van der Waals surface area contributed by atoms with E-state index in [9.17, 15) is 17.6 Å². The predicted molar refractivity (Wildman–Crippen MR) is 93.1 cm³/mol. The second-order valence-corrected chi connectivity index (χ2v) is 8.74. The normalized spacial score (nSPS) is 20.8. The molecule has 0 bridgehead atoms. The summed E-state index contributed by atoms with van der Waals surface area (Å²) in [6, 6.07) is 5.94. The van der Waals surface area contributed by atoms with Crippen LogP contribution in [0.4, 0.5) is 4.39 Å². The van der Waals surface area contributed by atoms with Gasteiger partial charge >= 0.3 is 0 Å². The van der Waals surface area contributed by atoms with Gasteiger partial charge in [-0.1, -0.05) is 12.1 Å². The second kappa shape index (κ2) is 8.73. The molecule has 2 atom stereocenters. The molecule has 0 aliphatic carbocycles. The smallest absolute Gasteiger partial charge is 0.220 e. The standard InChI is InChI=1S/C17H25FN2O4S/c1-20(2)25(22,23)12-14-10-24-11-16(14)19-17(21)5-3-4-13-6-8-15(18)9-7-13/h6-9,14,16H,3-5,10-12H2,1-2H3,(H,19,21)/t14-,16-/m0/s1. The molecule has 1 aromatic carbocycles. The van der Waals surface area contributed by atoms with Crippen LogP contribution in [0.3, 0.4) is 0 Å². The van der Waals surface area contributed by atoms with Gasteiger partial charge < -0.3 is 10.1 Å². The van der Waals surface area contributed by atoms with Crippen molar-refractivity contribution in [1.82, 2.24) is 9.62 Å². The van der Waals surface area contributed by atoms with Crippen molar-refractivity contribution < 1.29 is 22.3 Å². The number of hydrogen-bond acceptors (Lipinski definition) is 4. The van der Waals surface area contributed by atoms with Crippen LogP contribution in [0.25, 0.3) is 0 Å². The maximum atomic E-state index is 12.8. The van der Waals surface area contributed by atoms with Gasteiger partial charge in [0.25, 0.3) is 0 Å². The maximum absolute atomic E-state index is 12.8. The van der Waals surface area contributed by atoms with Gasteiger partial charge in [0.05, 0.1) is 25.0 Å². The van der Waals surface area contributed by atoms with Crippen LogP contribution in [0.2, 0.25) is 0 Å². The van der Waals surface area contributed by atoms with Crippen molar-refractivity contribution >= 4 is 15.9 Å². The topological polar surface area (TPSA) is 75.7 Å². The highest BCUT2D eigenvalue weighted by molar-refractivity contribution is 7.89. The van der Waals surface area contributed by atoms with Gasteiger partial charge in [-0.25, -0.2) is 17.1 Å². The number of rotatable bonds is 8. The molecule has 1 aromatic rings. The van der Waals surface area contributed by atoms with E-state index in [-0.39, 0.29) is 29.4 Å². The number of nitrogens with zero attached hydrogens (tertiary/aromatic N) is 1. The van der Waals surface area contributed by atoms with E-state index in [1.54, 1.807) is 12.1 Å². The Kier molecular flexibility index (Phi) is 6.92. The van der Waals surface area contributed by atoms with E-state index < -0.39 is 10.0 Å². The second-order valence-electron chi connectivity index (χ2n) is 6.51. The number of benzene rings is 1. The van der Waals surface area contributed by atoms with E-state index >= 15 is 0 Å². The van der Waals surface area contributed by atoms with Crippen molar-refractivity contribution in [1.29, 1.82) is 0 Å². The molecule has 1 N–H and O–H groups in total. The fraction of sp³-hybridized carbons (Fsp3) is 0.588. The van der Waals surface area contributed by atoms with E-state index in [1.165, 1.54) is 30.5 Å². The number of ether oxygens (including phenoxy) is 1. The van der Waals surface area contributed by atoms with Crippen LogP contribution in [-0.4, -0.2) is 57.7 Å². The van der Waals surface area contributed by atoms with E-state index in [1.807, 2.05) is 0 Å². The van der Waals surface area contributed by atoms with Gasteiger partial charge in [0, 0.05) is 26.4 Å². The monoisotopic (exact) mass is 372 g/mol. The minimum Gasteiger partial charge on any atom is -0.379 e. The predicted octanol–water partition coefficient (Wildman–Crippen LogP) is 1.17. The number of aryl methyl sites for hydroxylation is 1. The Hall–Kier alpha value is -1.51. The molecule has 1 fully saturated rings. The molecule has 0 saturated carbocycles. The highest BCUT2D eigenvalue weighted by Gasteiger charge is 2.33. The largest absolute Gasteiger partial charge is 0.379 e. The summed E-state index contributed by atoms with van der Waals surface area (Å²) in [5.74, 6) is -0.680. The van der Waals surface area contributed by atoms with Gasteiger partial charge in [-0.15, -0.1) is 0 Å². The number of carbonyl (C=O) groups excluding carboxylic acids is 1.